The van der Waals surface area contributed by atoms with Gasteiger partial charge in [0, 0.05) is 7.05 Å². The van der Waals surface area contributed by atoms with Crippen molar-refractivity contribution in [1.29, 1.82) is 0 Å². The molecule has 3 N–H and O–H groups in total. The molecule has 1 atom stereocenters. The summed E-state index contributed by atoms with van der Waals surface area (Å²) in [6.07, 6.45) is 1.26. The number of anilines is 1. The van der Waals surface area contributed by atoms with Gasteiger partial charge < -0.3 is 11.1 Å². The van der Waals surface area contributed by atoms with Crippen LogP contribution >= 0.6 is 0 Å². The van der Waals surface area contributed by atoms with Gasteiger partial charge in [0.15, 0.2) is 0 Å². The molecule has 8 nitrogen and oxygen atoms in total. The van der Waals surface area contributed by atoms with Crippen LogP contribution < -0.4 is 11.1 Å². The monoisotopic (exact) mass is 283 g/mol. The molecule has 0 saturated heterocycles. The fourth-order valence-corrected chi connectivity index (χ4v) is 2.04. The summed E-state index contributed by atoms with van der Waals surface area (Å²) < 4.78 is 1.39. The molecule has 0 spiro atoms. The molecular weight excluding hydrogens is 262 g/mol. The van der Waals surface area contributed by atoms with Crippen LogP contribution in [0.3, 0.4) is 0 Å². The first kappa shape index (κ1) is 15.9. The normalized spacial score (nSPS) is 12.4. The Morgan fingerprint density at radius 2 is 2.15 bits per heavy atom. The highest BCUT2D eigenvalue weighted by Gasteiger charge is 2.30. The minimum absolute atomic E-state index is 0.0822. The van der Waals surface area contributed by atoms with Crippen molar-refractivity contribution in [1.82, 2.24) is 9.78 Å². The molecule has 0 saturated carbocycles. The number of primary amides is 1. The van der Waals surface area contributed by atoms with Gasteiger partial charge in [-0.1, -0.05) is 27.2 Å². The SMILES string of the molecule is CCCc1nn(C)c(NC(C(N)=O)C(C)C)c1[N+](=O)[O-]. The lowest BCUT2D eigenvalue weighted by Crippen LogP contribution is -2.40. The third kappa shape index (κ3) is 3.25. The highest BCUT2D eigenvalue weighted by molar-refractivity contribution is 5.83. The summed E-state index contributed by atoms with van der Waals surface area (Å²) in [6, 6.07) is -0.682. The first-order valence-corrected chi connectivity index (χ1v) is 6.55. The Balaban J connectivity index is 3.22. The lowest BCUT2D eigenvalue weighted by Gasteiger charge is -2.19. The molecule has 0 aromatic carbocycles. The fraction of sp³-hybridized carbons (Fsp3) is 0.667. The summed E-state index contributed by atoms with van der Waals surface area (Å²) in [5, 5.41) is 18.3. The van der Waals surface area contributed by atoms with E-state index in [1.807, 2.05) is 20.8 Å². The number of carbonyl (C=O) groups is 1. The minimum Gasteiger partial charge on any atom is -0.368 e. The molecule has 1 rings (SSSR count). The molecule has 1 unspecified atom stereocenters. The maximum absolute atomic E-state index is 11.4. The van der Waals surface area contributed by atoms with E-state index in [9.17, 15) is 14.9 Å². The van der Waals surface area contributed by atoms with E-state index < -0.39 is 16.9 Å². The third-order valence-electron chi connectivity index (χ3n) is 3.03. The predicted octanol–water partition coefficient (Wildman–Crippen LogP) is 1.20. The van der Waals surface area contributed by atoms with Crippen molar-refractivity contribution in [2.75, 3.05) is 5.32 Å². The summed E-state index contributed by atoms with van der Waals surface area (Å²) >= 11 is 0. The van der Waals surface area contributed by atoms with E-state index in [0.717, 1.165) is 6.42 Å². The number of aromatic nitrogens is 2. The van der Waals surface area contributed by atoms with E-state index in [1.165, 1.54) is 4.68 Å². The Morgan fingerprint density at radius 1 is 1.55 bits per heavy atom. The molecule has 0 radical (unpaired) electrons. The van der Waals surface area contributed by atoms with Crippen molar-refractivity contribution in [3.8, 4) is 0 Å². The van der Waals surface area contributed by atoms with E-state index in [1.54, 1.807) is 7.05 Å². The second-order valence-corrected chi connectivity index (χ2v) is 5.04. The Bertz CT molecular complexity index is 509. The van der Waals surface area contributed by atoms with Crippen LogP contribution in [0.4, 0.5) is 11.5 Å². The molecule has 1 amide bonds. The average molecular weight is 283 g/mol. The molecule has 1 aromatic heterocycles. The summed E-state index contributed by atoms with van der Waals surface area (Å²) in [5.74, 6) is -0.417. The maximum atomic E-state index is 11.4. The van der Waals surface area contributed by atoms with Crippen LogP contribution in [0.25, 0.3) is 0 Å². The maximum Gasteiger partial charge on any atom is 0.334 e. The van der Waals surface area contributed by atoms with Gasteiger partial charge >= 0.3 is 5.69 Å². The van der Waals surface area contributed by atoms with Crippen LogP contribution in [-0.2, 0) is 18.3 Å². The molecule has 0 bridgehead atoms. The lowest BCUT2D eigenvalue weighted by atomic mass is 10.0. The van der Waals surface area contributed by atoms with Crippen LogP contribution in [0.1, 0.15) is 32.9 Å². The number of hydrogen-bond donors (Lipinski definition) is 2. The Morgan fingerprint density at radius 3 is 2.55 bits per heavy atom. The number of nitrogens with one attached hydrogen (secondary N) is 1. The van der Waals surface area contributed by atoms with Gasteiger partial charge in [0.1, 0.15) is 11.7 Å². The number of aryl methyl sites for hydroxylation is 2. The van der Waals surface area contributed by atoms with Gasteiger partial charge in [0.05, 0.1) is 4.92 Å². The topological polar surface area (TPSA) is 116 Å². The highest BCUT2D eigenvalue weighted by atomic mass is 16.6. The molecule has 8 heteroatoms. The van der Waals surface area contributed by atoms with Crippen LogP contribution in [0.15, 0.2) is 0 Å². The number of nitro groups is 1. The zero-order valence-corrected chi connectivity index (χ0v) is 12.2. The van der Waals surface area contributed by atoms with Crippen LogP contribution in [0, 0.1) is 16.0 Å². The van der Waals surface area contributed by atoms with Crippen molar-refractivity contribution >= 4 is 17.4 Å². The third-order valence-corrected chi connectivity index (χ3v) is 3.03. The molecular formula is C12H21N5O3. The predicted molar refractivity (Wildman–Crippen MR) is 75.3 cm³/mol. The van der Waals surface area contributed by atoms with Gasteiger partial charge in [-0.25, -0.2) is 4.68 Å². The van der Waals surface area contributed by atoms with E-state index in [2.05, 4.69) is 10.4 Å². The Kier molecular flexibility index (Phi) is 5.06. The van der Waals surface area contributed by atoms with Crippen molar-refractivity contribution in [3.05, 3.63) is 15.8 Å². The number of hydrogen-bond acceptors (Lipinski definition) is 5. The summed E-state index contributed by atoms with van der Waals surface area (Å²) in [4.78, 5) is 22.2. The van der Waals surface area contributed by atoms with Crippen molar-refractivity contribution in [2.45, 2.75) is 39.7 Å². The largest absolute Gasteiger partial charge is 0.368 e. The zero-order chi connectivity index (χ0) is 15.4. The molecule has 0 aliphatic rings. The highest BCUT2D eigenvalue weighted by Crippen LogP contribution is 2.30. The van der Waals surface area contributed by atoms with Gasteiger partial charge in [-0.2, -0.15) is 5.10 Å². The number of carbonyl (C=O) groups excluding carboxylic acids is 1. The molecule has 1 aromatic rings. The average Bonchev–Trinajstić information content (AvgIpc) is 2.62. The van der Waals surface area contributed by atoms with Crippen molar-refractivity contribution in [2.24, 2.45) is 18.7 Å². The molecule has 1 heterocycles. The van der Waals surface area contributed by atoms with Gasteiger partial charge in [-0.15, -0.1) is 0 Å². The van der Waals surface area contributed by atoms with E-state index in [0.29, 0.717) is 12.1 Å². The quantitative estimate of drug-likeness (QED) is 0.576. The zero-order valence-electron chi connectivity index (χ0n) is 12.2. The molecule has 0 fully saturated rings. The van der Waals surface area contributed by atoms with E-state index >= 15 is 0 Å². The van der Waals surface area contributed by atoms with Crippen LogP contribution in [-0.4, -0.2) is 26.7 Å². The Labute approximate surface area is 117 Å². The Hall–Kier alpha value is -2.12. The number of rotatable bonds is 7. The molecule has 112 valence electrons. The van der Waals surface area contributed by atoms with Gasteiger partial charge in [-0.05, 0) is 12.3 Å². The van der Waals surface area contributed by atoms with Crippen molar-refractivity contribution < 1.29 is 9.72 Å². The first-order valence-electron chi connectivity index (χ1n) is 6.55. The number of amides is 1. The summed E-state index contributed by atoms with van der Waals surface area (Å²) in [6.45, 7) is 5.56. The van der Waals surface area contributed by atoms with Crippen LogP contribution in [0.5, 0.6) is 0 Å². The number of nitrogens with two attached hydrogens (primary N) is 1. The fourth-order valence-electron chi connectivity index (χ4n) is 2.04. The van der Waals surface area contributed by atoms with E-state index in [4.69, 9.17) is 5.73 Å². The summed E-state index contributed by atoms with van der Waals surface area (Å²) in [7, 11) is 1.60. The second-order valence-electron chi connectivity index (χ2n) is 5.04. The number of nitrogens with zero attached hydrogens (tertiary/aromatic N) is 3. The first-order chi connectivity index (χ1) is 9.29. The minimum atomic E-state index is -0.682. The molecule has 0 aliphatic heterocycles. The molecule has 20 heavy (non-hydrogen) atoms. The second kappa shape index (κ2) is 6.36. The smallest absolute Gasteiger partial charge is 0.334 e. The van der Waals surface area contributed by atoms with E-state index in [-0.39, 0.29) is 17.4 Å². The van der Waals surface area contributed by atoms with Gasteiger partial charge in [0.2, 0.25) is 11.7 Å². The lowest BCUT2D eigenvalue weighted by molar-refractivity contribution is -0.384. The van der Waals surface area contributed by atoms with Crippen LogP contribution in [0.2, 0.25) is 0 Å². The standard InChI is InChI=1S/C12H21N5O3/c1-5-6-8-10(17(19)20)12(16(4)15-8)14-9(7(2)3)11(13)18/h7,9,14H,5-6H2,1-4H3,(H2,13,18). The van der Waals surface area contributed by atoms with Gasteiger partial charge in [-0.3, -0.25) is 14.9 Å². The van der Waals surface area contributed by atoms with Gasteiger partial charge in [0.25, 0.3) is 0 Å². The van der Waals surface area contributed by atoms with Crippen molar-refractivity contribution in [3.63, 3.8) is 0 Å². The molecule has 0 aliphatic carbocycles. The summed E-state index contributed by atoms with van der Waals surface area (Å²) in [5.41, 5.74) is 5.66.